The zero-order valence-corrected chi connectivity index (χ0v) is 19.3. The van der Waals surface area contributed by atoms with Crippen LogP contribution in [0.25, 0.3) is 0 Å². The third-order valence-electron chi connectivity index (χ3n) is 4.75. The van der Waals surface area contributed by atoms with Gasteiger partial charge in [0.05, 0.1) is 4.92 Å². The van der Waals surface area contributed by atoms with E-state index in [2.05, 4.69) is 10.6 Å². The molecule has 3 aromatic rings. The maximum absolute atomic E-state index is 13.1. The Bertz CT molecular complexity index is 1260. The van der Waals surface area contributed by atoms with Crippen LogP contribution in [-0.2, 0) is 14.4 Å². The lowest BCUT2D eigenvalue weighted by molar-refractivity contribution is -0.384. The lowest BCUT2D eigenvalue weighted by atomic mass is 10.1. The van der Waals surface area contributed by atoms with Crippen LogP contribution in [0.3, 0.4) is 0 Å². The number of nitro benzene ring substituents is 1. The summed E-state index contributed by atoms with van der Waals surface area (Å²) in [6, 6.07) is 21.5. The molecule has 0 aliphatic rings. The van der Waals surface area contributed by atoms with E-state index < -0.39 is 22.0 Å². The average Bonchev–Trinajstić information content (AvgIpc) is 2.84. The van der Waals surface area contributed by atoms with Crippen molar-refractivity contribution in [3.8, 4) is 0 Å². The summed E-state index contributed by atoms with van der Waals surface area (Å²) >= 11 is 1.30. The van der Waals surface area contributed by atoms with Crippen LogP contribution in [0.4, 0.5) is 17.1 Å². The fourth-order valence-corrected chi connectivity index (χ4v) is 3.99. The largest absolute Gasteiger partial charge is 0.478 e. The van der Waals surface area contributed by atoms with Crippen LogP contribution in [0.1, 0.15) is 17.7 Å². The summed E-state index contributed by atoms with van der Waals surface area (Å²) in [5, 5.41) is 24.5. The van der Waals surface area contributed by atoms with Crippen molar-refractivity contribution in [3.63, 3.8) is 0 Å². The van der Waals surface area contributed by atoms with Gasteiger partial charge in [0.1, 0.15) is 5.25 Å². The van der Waals surface area contributed by atoms with Crippen molar-refractivity contribution in [2.24, 2.45) is 0 Å². The topological polar surface area (TPSA) is 139 Å². The number of non-ortho nitro benzene ring substituents is 1. The monoisotopic (exact) mass is 491 g/mol. The summed E-state index contributed by atoms with van der Waals surface area (Å²) in [5.41, 5.74) is 1.52. The SMILES string of the molecule is C/C(=C\C(=O)Nc1ccc(S[C@@H](C(=O)Nc2ccc([N+](=O)[O-])cc2)c2ccccc2)cc1)C(=O)O. The summed E-state index contributed by atoms with van der Waals surface area (Å²) in [4.78, 5) is 47.0. The van der Waals surface area contributed by atoms with Crippen molar-refractivity contribution in [3.05, 3.63) is 106 Å². The molecule has 3 aromatic carbocycles. The van der Waals surface area contributed by atoms with E-state index in [4.69, 9.17) is 5.11 Å². The second kappa shape index (κ2) is 11.6. The first-order valence-electron chi connectivity index (χ1n) is 10.3. The molecule has 10 heteroatoms. The number of carboxylic acid groups (broad SMARTS) is 1. The van der Waals surface area contributed by atoms with Crippen LogP contribution in [0.5, 0.6) is 0 Å². The first kappa shape index (κ1) is 25.2. The number of amides is 2. The molecule has 0 heterocycles. The van der Waals surface area contributed by atoms with E-state index in [9.17, 15) is 24.5 Å². The third kappa shape index (κ3) is 7.27. The summed E-state index contributed by atoms with van der Waals surface area (Å²) in [6.45, 7) is 1.33. The molecule has 0 saturated heterocycles. The fourth-order valence-electron chi connectivity index (χ4n) is 2.96. The molecule has 2 amide bonds. The molecule has 0 spiro atoms. The maximum atomic E-state index is 13.1. The minimum atomic E-state index is -1.18. The van der Waals surface area contributed by atoms with E-state index in [1.807, 2.05) is 30.3 Å². The predicted molar refractivity (Wildman–Crippen MR) is 133 cm³/mol. The summed E-state index contributed by atoms with van der Waals surface area (Å²) in [7, 11) is 0. The first-order valence-corrected chi connectivity index (χ1v) is 11.2. The molecule has 0 aliphatic carbocycles. The molecular weight excluding hydrogens is 470 g/mol. The van der Waals surface area contributed by atoms with Gasteiger partial charge in [-0.1, -0.05) is 30.3 Å². The molecule has 0 saturated carbocycles. The van der Waals surface area contributed by atoms with Crippen LogP contribution in [0.2, 0.25) is 0 Å². The van der Waals surface area contributed by atoms with Gasteiger partial charge in [0.25, 0.3) is 5.69 Å². The van der Waals surface area contributed by atoms with Crippen LogP contribution >= 0.6 is 11.8 Å². The molecule has 35 heavy (non-hydrogen) atoms. The van der Waals surface area contributed by atoms with Crippen LogP contribution < -0.4 is 10.6 Å². The molecule has 0 unspecified atom stereocenters. The van der Waals surface area contributed by atoms with E-state index in [0.717, 1.165) is 16.5 Å². The lowest BCUT2D eigenvalue weighted by Gasteiger charge is -2.17. The smallest absolute Gasteiger partial charge is 0.331 e. The number of rotatable bonds is 9. The Balaban J connectivity index is 1.74. The standard InChI is InChI=1S/C25H21N3O6S/c1-16(25(31)32)15-22(29)26-18-9-13-21(14-10-18)35-23(17-5-3-2-4-6-17)24(30)27-19-7-11-20(12-8-19)28(33)34/h2-15,23H,1H3,(H,26,29)(H,27,30)(H,31,32)/b16-15+/t23-/m1/s1. The van der Waals surface area contributed by atoms with E-state index >= 15 is 0 Å². The third-order valence-corrected chi connectivity index (χ3v) is 6.01. The number of hydrogen-bond acceptors (Lipinski definition) is 6. The number of thioether (sulfide) groups is 1. The normalized spacial score (nSPS) is 11.9. The van der Waals surface area contributed by atoms with Gasteiger partial charge in [0.2, 0.25) is 11.8 Å². The predicted octanol–water partition coefficient (Wildman–Crippen LogP) is 5.04. The second-order valence-corrected chi connectivity index (χ2v) is 8.53. The number of carboxylic acids is 1. The zero-order chi connectivity index (χ0) is 25.4. The molecule has 178 valence electrons. The Morgan fingerprint density at radius 3 is 2.06 bits per heavy atom. The second-order valence-electron chi connectivity index (χ2n) is 7.35. The van der Waals surface area contributed by atoms with E-state index in [1.54, 1.807) is 24.3 Å². The molecule has 0 aliphatic heterocycles. The highest BCUT2D eigenvalue weighted by Gasteiger charge is 2.22. The number of carbonyl (C=O) groups is 3. The van der Waals surface area contributed by atoms with E-state index in [0.29, 0.717) is 11.4 Å². The van der Waals surface area contributed by atoms with Gasteiger partial charge < -0.3 is 15.7 Å². The number of aliphatic carboxylic acids is 1. The Labute approximate surface area is 205 Å². The molecule has 0 fully saturated rings. The lowest BCUT2D eigenvalue weighted by Crippen LogP contribution is -2.19. The van der Waals surface area contributed by atoms with Gasteiger partial charge in [-0.3, -0.25) is 19.7 Å². The van der Waals surface area contributed by atoms with E-state index in [1.165, 1.54) is 43.0 Å². The van der Waals surface area contributed by atoms with Crippen molar-refractivity contribution in [2.75, 3.05) is 10.6 Å². The van der Waals surface area contributed by atoms with Gasteiger partial charge in [0, 0.05) is 40.1 Å². The van der Waals surface area contributed by atoms with Crippen molar-refractivity contribution in [1.82, 2.24) is 0 Å². The number of hydrogen-bond donors (Lipinski definition) is 3. The maximum Gasteiger partial charge on any atom is 0.331 e. The molecule has 3 N–H and O–H groups in total. The molecule has 0 bridgehead atoms. The number of benzene rings is 3. The minimum absolute atomic E-state index is 0.0715. The average molecular weight is 492 g/mol. The number of carbonyl (C=O) groups excluding carboxylic acids is 2. The molecule has 1 atom stereocenters. The number of nitro groups is 1. The summed E-state index contributed by atoms with van der Waals surface area (Å²) < 4.78 is 0. The summed E-state index contributed by atoms with van der Waals surface area (Å²) in [5.74, 6) is -2.04. The van der Waals surface area contributed by atoms with Crippen molar-refractivity contribution < 1.29 is 24.4 Å². The zero-order valence-electron chi connectivity index (χ0n) is 18.5. The van der Waals surface area contributed by atoms with Crippen LogP contribution in [0, 0.1) is 10.1 Å². The minimum Gasteiger partial charge on any atom is -0.478 e. The molecular formula is C25H21N3O6S. The first-order chi connectivity index (χ1) is 16.7. The Morgan fingerprint density at radius 1 is 0.914 bits per heavy atom. The number of anilines is 2. The molecule has 0 aromatic heterocycles. The van der Waals surface area contributed by atoms with E-state index in [-0.39, 0.29) is 17.2 Å². The number of nitrogens with one attached hydrogen (secondary N) is 2. The molecule has 3 rings (SSSR count). The highest BCUT2D eigenvalue weighted by molar-refractivity contribution is 8.00. The van der Waals surface area contributed by atoms with Gasteiger partial charge in [-0.25, -0.2) is 4.79 Å². The number of nitrogens with zero attached hydrogens (tertiary/aromatic N) is 1. The fraction of sp³-hybridized carbons (Fsp3) is 0.0800. The van der Waals surface area contributed by atoms with Gasteiger partial charge in [-0.15, -0.1) is 11.8 Å². The summed E-state index contributed by atoms with van der Waals surface area (Å²) in [6.07, 6.45) is 0.999. The van der Waals surface area contributed by atoms with Crippen molar-refractivity contribution in [1.29, 1.82) is 0 Å². The van der Waals surface area contributed by atoms with Crippen LogP contribution in [-0.4, -0.2) is 27.8 Å². The van der Waals surface area contributed by atoms with Gasteiger partial charge in [0.15, 0.2) is 0 Å². The highest BCUT2D eigenvalue weighted by Crippen LogP contribution is 2.36. The highest BCUT2D eigenvalue weighted by atomic mass is 32.2. The van der Waals surface area contributed by atoms with Crippen LogP contribution in [0.15, 0.2) is 95.4 Å². The Morgan fingerprint density at radius 2 is 1.49 bits per heavy atom. The Kier molecular flexibility index (Phi) is 8.36. The van der Waals surface area contributed by atoms with Gasteiger partial charge in [-0.05, 0) is 48.9 Å². The Hall–Kier alpha value is -4.44. The van der Waals surface area contributed by atoms with Crippen molar-refractivity contribution >= 4 is 46.6 Å². The van der Waals surface area contributed by atoms with Gasteiger partial charge >= 0.3 is 5.97 Å². The molecule has 0 radical (unpaired) electrons. The van der Waals surface area contributed by atoms with Crippen molar-refractivity contribution in [2.45, 2.75) is 17.1 Å². The quantitative estimate of drug-likeness (QED) is 0.165. The molecule has 9 nitrogen and oxygen atoms in total. The van der Waals surface area contributed by atoms with Gasteiger partial charge in [-0.2, -0.15) is 0 Å².